The number of hydrogen-bond donors (Lipinski definition) is 2. The summed E-state index contributed by atoms with van der Waals surface area (Å²) in [6, 6.07) is 11.9. The number of nitrogens with zero attached hydrogens (tertiary/aromatic N) is 4. The van der Waals surface area contributed by atoms with E-state index in [2.05, 4.69) is 32.3 Å². The highest BCUT2D eigenvalue weighted by atomic mass is 16.5. The molecular formula is C19H18N6O2. The quantitative estimate of drug-likeness (QED) is 0.579. The summed E-state index contributed by atoms with van der Waals surface area (Å²) in [6.07, 6.45) is 1.70. The van der Waals surface area contributed by atoms with Gasteiger partial charge in [0.1, 0.15) is 5.69 Å². The van der Waals surface area contributed by atoms with Crippen molar-refractivity contribution in [3.8, 4) is 5.69 Å². The fraction of sp³-hybridized carbons (Fsp3) is 0.211. The van der Waals surface area contributed by atoms with Crippen molar-refractivity contribution in [2.24, 2.45) is 5.73 Å². The molecule has 0 atom stereocenters. The van der Waals surface area contributed by atoms with Crippen LogP contribution >= 0.6 is 0 Å². The Balaban J connectivity index is 1.65. The molecule has 0 aliphatic carbocycles. The van der Waals surface area contributed by atoms with Gasteiger partial charge in [-0.2, -0.15) is 10.2 Å². The number of fused-ring (bicyclic) bond motifs is 3. The van der Waals surface area contributed by atoms with Crippen molar-refractivity contribution >= 4 is 33.4 Å². The molecule has 8 heteroatoms. The van der Waals surface area contributed by atoms with Gasteiger partial charge in [0.15, 0.2) is 0 Å². The zero-order chi connectivity index (χ0) is 18.4. The van der Waals surface area contributed by atoms with Crippen LogP contribution in [0.1, 0.15) is 10.5 Å². The molecule has 1 aliphatic rings. The average molecular weight is 362 g/mol. The van der Waals surface area contributed by atoms with Crippen LogP contribution in [0, 0.1) is 0 Å². The molecule has 5 rings (SSSR count). The predicted octanol–water partition coefficient (Wildman–Crippen LogP) is 1.84. The van der Waals surface area contributed by atoms with Gasteiger partial charge in [-0.3, -0.25) is 14.6 Å². The Morgan fingerprint density at radius 2 is 1.78 bits per heavy atom. The van der Waals surface area contributed by atoms with Gasteiger partial charge in [0, 0.05) is 29.5 Å². The van der Waals surface area contributed by atoms with Gasteiger partial charge in [-0.05, 0) is 36.4 Å². The maximum absolute atomic E-state index is 11.9. The van der Waals surface area contributed by atoms with Crippen molar-refractivity contribution in [3.63, 3.8) is 0 Å². The second-order valence-electron chi connectivity index (χ2n) is 6.54. The third-order valence-corrected chi connectivity index (χ3v) is 4.99. The van der Waals surface area contributed by atoms with E-state index in [1.165, 1.54) is 0 Å². The highest BCUT2D eigenvalue weighted by molar-refractivity contribution is 6.12. The van der Waals surface area contributed by atoms with Gasteiger partial charge in [-0.25, -0.2) is 0 Å². The Bertz CT molecular complexity index is 1140. The van der Waals surface area contributed by atoms with Crippen LogP contribution in [0.25, 0.3) is 27.5 Å². The number of H-pyrrole nitrogens is 1. The summed E-state index contributed by atoms with van der Waals surface area (Å²) in [5.41, 5.74) is 9.61. The monoisotopic (exact) mass is 362 g/mol. The van der Waals surface area contributed by atoms with Gasteiger partial charge in [0.2, 0.25) is 0 Å². The maximum atomic E-state index is 11.9. The molecule has 4 aromatic rings. The predicted molar refractivity (Wildman–Crippen MR) is 102 cm³/mol. The summed E-state index contributed by atoms with van der Waals surface area (Å²) < 4.78 is 7.28. The molecule has 0 saturated carbocycles. The first kappa shape index (κ1) is 15.8. The standard InChI is InChI=1S/C19H18N6O2/c20-19(26)17-14-5-6-16-15(11-21-22-16)18(14)25(23-17)13-3-1-12(2-4-13)24-7-9-27-10-8-24/h1-6,11,23H,7-10H2,(H2,20,26). The van der Waals surface area contributed by atoms with Crippen LogP contribution in [0.2, 0.25) is 0 Å². The number of anilines is 1. The SMILES string of the molecule is NC(=O)c1[nH]n(-c2ccc(N3CCOCC3)cc2)c2c1ccc1nncc12. The molecule has 1 fully saturated rings. The summed E-state index contributed by atoms with van der Waals surface area (Å²) in [7, 11) is 0. The molecular weight excluding hydrogens is 344 g/mol. The van der Waals surface area contributed by atoms with Crippen molar-refractivity contribution in [1.29, 1.82) is 0 Å². The molecule has 27 heavy (non-hydrogen) atoms. The summed E-state index contributed by atoms with van der Waals surface area (Å²) in [4.78, 5) is 14.2. The van der Waals surface area contributed by atoms with E-state index in [4.69, 9.17) is 10.5 Å². The Morgan fingerprint density at radius 3 is 2.52 bits per heavy atom. The second kappa shape index (κ2) is 6.10. The van der Waals surface area contributed by atoms with E-state index in [9.17, 15) is 4.79 Å². The minimum atomic E-state index is -0.504. The molecule has 0 spiro atoms. The first-order valence-electron chi connectivity index (χ1n) is 8.80. The van der Waals surface area contributed by atoms with Crippen molar-refractivity contribution in [2.75, 3.05) is 31.2 Å². The van der Waals surface area contributed by atoms with E-state index in [0.29, 0.717) is 5.69 Å². The number of aromatic nitrogens is 4. The molecule has 3 heterocycles. The Morgan fingerprint density at radius 1 is 1.04 bits per heavy atom. The first-order chi connectivity index (χ1) is 13.2. The molecule has 0 unspecified atom stereocenters. The van der Waals surface area contributed by atoms with Crippen molar-refractivity contribution in [2.45, 2.75) is 0 Å². The molecule has 2 aromatic heterocycles. The fourth-order valence-electron chi connectivity index (χ4n) is 3.65. The molecule has 1 amide bonds. The minimum Gasteiger partial charge on any atom is -0.378 e. The number of rotatable bonds is 3. The Labute approximate surface area is 154 Å². The van der Waals surface area contributed by atoms with Crippen molar-refractivity contribution in [3.05, 3.63) is 48.3 Å². The highest BCUT2D eigenvalue weighted by Gasteiger charge is 2.18. The summed E-state index contributed by atoms with van der Waals surface area (Å²) in [5.74, 6) is -0.504. The summed E-state index contributed by atoms with van der Waals surface area (Å²) >= 11 is 0. The van der Waals surface area contributed by atoms with Crippen molar-refractivity contribution < 1.29 is 9.53 Å². The number of hydrogen-bond acceptors (Lipinski definition) is 5. The maximum Gasteiger partial charge on any atom is 0.267 e. The van der Waals surface area contributed by atoms with Crippen LogP contribution in [-0.2, 0) is 4.74 Å². The van der Waals surface area contributed by atoms with E-state index < -0.39 is 5.91 Å². The number of primary amides is 1. The molecule has 0 radical (unpaired) electrons. The van der Waals surface area contributed by atoms with Crippen LogP contribution in [0.5, 0.6) is 0 Å². The van der Waals surface area contributed by atoms with E-state index in [-0.39, 0.29) is 0 Å². The van der Waals surface area contributed by atoms with Gasteiger partial charge in [0.05, 0.1) is 36.1 Å². The van der Waals surface area contributed by atoms with Crippen LogP contribution in [0.3, 0.4) is 0 Å². The lowest BCUT2D eigenvalue weighted by Crippen LogP contribution is -2.36. The summed E-state index contributed by atoms with van der Waals surface area (Å²) in [5, 5.41) is 12.9. The zero-order valence-electron chi connectivity index (χ0n) is 14.6. The number of morpholine rings is 1. The van der Waals surface area contributed by atoms with Gasteiger partial charge in [0.25, 0.3) is 5.91 Å². The zero-order valence-corrected chi connectivity index (χ0v) is 14.6. The Kier molecular flexibility index (Phi) is 3.58. The third kappa shape index (κ3) is 2.53. The van der Waals surface area contributed by atoms with Crippen molar-refractivity contribution in [1.82, 2.24) is 20.0 Å². The largest absolute Gasteiger partial charge is 0.378 e. The number of ether oxygens (including phenoxy) is 1. The lowest BCUT2D eigenvalue weighted by molar-refractivity contribution is 0.0996. The van der Waals surface area contributed by atoms with Gasteiger partial charge >= 0.3 is 0 Å². The van der Waals surface area contributed by atoms with Crippen LogP contribution < -0.4 is 10.6 Å². The molecule has 0 bridgehead atoms. The second-order valence-corrected chi connectivity index (χ2v) is 6.54. The highest BCUT2D eigenvalue weighted by Crippen LogP contribution is 2.29. The molecule has 1 saturated heterocycles. The van der Waals surface area contributed by atoms with E-state index >= 15 is 0 Å². The smallest absolute Gasteiger partial charge is 0.267 e. The molecule has 1 aliphatic heterocycles. The first-order valence-corrected chi connectivity index (χ1v) is 8.80. The van der Waals surface area contributed by atoms with Gasteiger partial charge in [-0.1, -0.05) is 0 Å². The number of carbonyl (C=O) groups excluding carboxylic acids is 1. The average Bonchev–Trinajstić information content (AvgIpc) is 3.33. The van der Waals surface area contributed by atoms with Crippen LogP contribution in [0.4, 0.5) is 5.69 Å². The number of carbonyl (C=O) groups is 1. The number of nitrogens with one attached hydrogen (secondary N) is 1. The van der Waals surface area contributed by atoms with Gasteiger partial charge in [-0.15, -0.1) is 0 Å². The van der Waals surface area contributed by atoms with E-state index in [1.54, 1.807) is 6.20 Å². The van der Waals surface area contributed by atoms with Gasteiger partial charge < -0.3 is 15.4 Å². The number of nitrogens with two attached hydrogens (primary N) is 1. The lowest BCUT2D eigenvalue weighted by Gasteiger charge is -2.28. The number of benzene rings is 2. The molecule has 136 valence electrons. The lowest BCUT2D eigenvalue weighted by atomic mass is 10.1. The summed E-state index contributed by atoms with van der Waals surface area (Å²) in [6.45, 7) is 3.26. The third-order valence-electron chi connectivity index (χ3n) is 4.99. The topological polar surface area (TPSA) is 102 Å². The minimum absolute atomic E-state index is 0.366. The van der Waals surface area contributed by atoms with E-state index in [1.807, 2.05) is 28.9 Å². The fourth-order valence-corrected chi connectivity index (χ4v) is 3.65. The Hall–Kier alpha value is -3.39. The van der Waals surface area contributed by atoms with Crippen LogP contribution in [0.15, 0.2) is 42.6 Å². The molecule has 2 aromatic carbocycles. The number of amides is 1. The normalized spacial score (nSPS) is 14.9. The molecule has 8 nitrogen and oxygen atoms in total. The molecule has 3 N–H and O–H groups in total. The van der Waals surface area contributed by atoms with Crippen LogP contribution in [-0.4, -0.2) is 52.2 Å². The van der Waals surface area contributed by atoms with E-state index in [0.717, 1.165) is 59.5 Å². The number of aromatic amines is 1.